The van der Waals surface area contributed by atoms with Crippen LogP contribution in [0.3, 0.4) is 0 Å². The standard InChI is InChI=1S/C13H10O3S2/c14-13(15-9-1-5-11(17)6-2-9)16-10-3-7-12(18)8-4-10/h1-8,17-18H. The molecule has 0 heterocycles. The van der Waals surface area contributed by atoms with Crippen molar-refractivity contribution >= 4 is 31.4 Å². The lowest BCUT2D eigenvalue weighted by Crippen LogP contribution is -2.13. The predicted molar refractivity (Wildman–Crippen MR) is 74.0 cm³/mol. The minimum absolute atomic E-state index is 0.406. The third-order valence-electron chi connectivity index (χ3n) is 2.08. The largest absolute Gasteiger partial charge is 0.519 e. The zero-order valence-electron chi connectivity index (χ0n) is 9.24. The molecule has 2 aromatic rings. The Morgan fingerprint density at radius 3 is 1.39 bits per heavy atom. The van der Waals surface area contributed by atoms with Gasteiger partial charge < -0.3 is 9.47 Å². The van der Waals surface area contributed by atoms with E-state index in [0.717, 1.165) is 9.79 Å². The van der Waals surface area contributed by atoms with Crippen molar-refractivity contribution in [3.05, 3.63) is 48.5 Å². The molecular weight excluding hydrogens is 268 g/mol. The number of carbonyl (C=O) groups excluding carboxylic acids is 1. The summed E-state index contributed by atoms with van der Waals surface area (Å²) < 4.78 is 9.98. The first-order valence-electron chi connectivity index (χ1n) is 5.11. The summed E-state index contributed by atoms with van der Waals surface area (Å²) in [6.45, 7) is 0. The average Bonchev–Trinajstić information content (AvgIpc) is 2.35. The second-order valence-corrected chi connectivity index (χ2v) is 4.47. The van der Waals surface area contributed by atoms with Gasteiger partial charge in [-0.05, 0) is 48.5 Å². The van der Waals surface area contributed by atoms with Gasteiger partial charge in [-0.1, -0.05) is 0 Å². The molecule has 92 valence electrons. The molecule has 5 heteroatoms. The van der Waals surface area contributed by atoms with E-state index in [2.05, 4.69) is 25.3 Å². The Balaban J connectivity index is 1.96. The van der Waals surface area contributed by atoms with E-state index in [9.17, 15) is 4.79 Å². The highest BCUT2D eigenvalue weighted by Gasteiger charge is 2.07. The van der Waals surface area contributed by atoms with Crippen molar-refractivity contribution < 1.29 is 14.3 Å². The Bertz CT molecular complexity index is 486. The first-order valence-corrected chi connectivity index (χ1v) is 6.00. The van der Waals surface area contributed by atoms with Gasteiger partial charge in [0.05, 0.1) is 0 Å². The molecule has 0 amide bonds. The average molecular weight is 278 g/mol. The molecule has 0 saturated heterocycles. The highest BCUT2D eigenvalue weighted by molar-refractivity contribution is 7.80. The van der Waals surface area contributed by atoms with E-state index in [1.54, 1.807) is 48.5 Å². The summed E-state index contributed by atoms with van der Waals surface area (Å²) in [5.74, 6) is 0.812. The first-order chi connectivity index (χ1) is 8.63. The van der Waals surface area contributed by atoms with Crippen molar-refractivity contribution in [1.82, 2.24) is 0 Å². The van der Waals surface area contributed by atoms with Crippen molar-refractivity contribution in [2.45, 2.75) is 9.79 Å². The van der Waals surface area contributed by atoms with Gasteiger partial charge in [0.1, 0.15) is 11.5 Å². The Morgan fingerprint density at radius 1 is 0.722 bits per heavy atom. The number of carbonyl (C=O) groups is 1. The number of thiol groups is 2. The molecule has 2 rings (SSSR count). The molecule has 18 heavy (non-hydrogen) atoms. The summed E-state index contributed by atoms with van der Waals surface area (Å²) in [4.78, 5) is 13.1. The highest BCUT2D eigenvalue weighted by atomic mass is 32.1. The Labute approximate surface area is 116 Å². The Kier molecular flexibility index (Phi) is 4.17. The van der Waals surface area contributed by atoms with Gasteiger partial charge in [0.2, 0.25) is 0 Å². The summed E-state index contributed by atoms with van der Waals surface area (Å²) in [6.07, 6.45) is -0.783. The Morgan fingerprint density at radius 2 is 1.06 bits per heavy atom. The smallest absolute Gasteiger partial charge is 0.395 e. The molecule has 3 nitrogen and oxygen atoms in total. The SMILES string of the molecule is O=C(Oc1ccc(S)cc1)Oc1ccc(S)cc1. The zero-order chi connectivity index (χ0) is 13.0. The number of hydrogen-bond donors (Lipinski definition) is 2. The fraction of sp³-hybridized carbons (Fsp3) is 0. The van der Waals surface area contributed by atoms with Gasteiger partial charge in [0.25, 0.3) is 0 Å². The summed E-state index contributed by atoms with van der Waals surface area (Å²) >= 11 is 8.27. The van der Waals surface area contributed by atoms with Crippen LogP contribution in [0.4, 0.5) is 4.79 Å². The maximum Gasteiger partial charge on any atom is 0.519 e. The van der Waals surface area contributed by atoms with Crippen molar-refractivity contribution in [3.8, 4) is 11.5 Å². The third-order valence-corrected chi connectivity index (χ3v) is 2.67. The van der Waals surface area contributed by atoms with E-state index in [4.69, 9.17) is 9.47 Å². The zero-order valence-corrected chi connectivity index (χ0v) is 11.0. The first kappa shape index (κ1) is 12.9. The van der Waals surface area contributed by atoms with Crippen LogP contribution in [0.5, 0.6) is 11.5 Å². The molecule has 0 N–H and O–H groups in total. The van der Waals surface area contributed by atoms with E-state index >= 15 is 0 Å². The van der Waals surface area contributed by atoms with Crippen LogP contribution >= 0.6 is 25.3 Å². The second-order valence-electron chi connectivity index (χ2n) is 3.44. The van der Waals surface area contributed by atoms with Crippen LogP contribution in [0.2, 0.25) is 0 Å². The minimum Gasteiger partial charge on any atom is -0.395 e. The molecule has 0 radical (unpaired) electrons. The molecule has 0 bridgehead atoms. The number of benzene rings is 2. The normalized spacial score (nSPS) is 9.89. The van der Waals surface area contributed by atoms with Gasteiger partial charge in [-0.25, -0.2) is 4.79 Å². The molecule has 0 aliphatic carbocycles. The maximum atomic E-state index is 11.5. The van der Waals surface area contributed by atoms with Crippen molar-refractivity contribution in [1.29, 1.82) is 0 Å². The van der Waals surface area contributed by atoms with Gasteiger partial charge in [-0.3, -0.25) is 0 Å². The minimum atomic E-state index is -0.783. The monoisotopic (exact) mass is 278 g/mol. The molecular formula is C13H10O3S2. The topological polar surface area (TPSA) is 35.5 Å². The summed E-state index contributed by atoms with van der Waals surface area (Å²) in [5.41, 5.74) is 0. The molecule has 0 atom stereocenters. The number of ether oxygens (including phenoxy) is 2. The predicted octanol–water partition coefficient (Wildman–Crippen LogP) is 3.84. The lowest BCUT2D eigenvalue weighted by Gasteiger charge is -2.05. The van der Waals surface area contributed by atoms with E-state index in [1.165, 1.54) is 0 Å². The van der Waals surface area contributed by atoms with Crippen LogP contribution in [0.1, 0.15) is 0 Å². The molecule has 2 aromatic carbocycles. The van der Waals surface area contributed by atoms with E-state index in [-0.39, 0.29) is 0 Å². The Hall–Kier alpha value is -1.59. The molecule has 0 aliphatic rings. The van der Waals surface area contributed by atoms with Crippen molar-refractivity contribution in [2.24, 2.45) is 0 Å². The third kappa shape index (κ3) is 3.72. The number of rotatable bonds is 2. The molecule has 0 aliphatic heterocycles. The van der Waals surface area contributed by atoms with Gasteiger partial charge in [0, 0.05) is 9.79 Å². The van der Waals surface area contributed by atoms with Gasteiger partial charge >= 0.3 is 6.16 Å². The lowest BCUT2D eigenvalue weighted by molar-refractivity contribution is 0.152. The summed E-state index contributed by atoms with van der Waals surface area (Å²) in [5, 5.41) is 0. The summed E-state index contributed by atoms with van der Waals surface area (Å²) in [7, 11) is 0. The molecule has 0 unspecified atom stereocenters. The maximum absolute atomic E-state index is 11.5. The number of hydrogen-bond acceptors (Lipinski definition) is 5. The van der Waals surface area contributed by atoms with Crippen LogP contribution in [-0.2, 0) is 0 Å². The highest BCUT2D eigenvalue weighted by Crippen LogP contribution is 2.17. The fourth-order valence-corrected chi connectivity index (χ4v) is 1.54. The molecule has 0 fully saturated rings. The van der Waals surface area contributed by atoms with Crippen molar-refractivity contribution in [3.63, 3.8) is 0 Å². The molecule has 0 spiro atoms. The van der Waals surface area contributed by atoms with Crippen LogP contribution in [0, 0.1) is 0 Å². The van der Waals surface area contributed by atoms with Crippen LogP contribution in [0.15, 0.2) is 58.3 Å². The van der Waals surface area contributed by atoms with Gasteiger partial charge in [0.15, 0.2) is 0 Å². The summed E-state index contributed by atoms with van der Waals surface area (Å²) in [6, 6.07) is 13.5. The lowest BCUT2D eigenvalue weighted by atomic mass is 10.3. The van der Waals surface area contributed by atoms with Crippen LogP contribution < -0.4 is 9.47 Å². The van der Waals surface area contributed by atoms with E-state index in [0.29, 0.717) is 11.5 Å². The second kappa shape index (κ2) is 5.84. The van der Waals surface area contributed by atoms with Gasteiger partial charge in [-0.15, -0.1) is 25.3 Å². The van der Waals surface area contributed by atoms with E-state index in [1.807, 2.05) is 0 Å². The van der Waals surface area contributed by atoms with Crippen molar-refractivity contribution in [2.75, 3.05) is 0 Å². The fourth-order valence-electron chi connectivity index (χ4n) is 1.24. The quantitative estimate of drug-likeness (QED) is 0.498. The molecule has 0 saturated carbocycles. The van der Waals surface area contributed by atoms with Gasteiger partial charge in [-0.2, -0.15) is 0 Å². The molecule has 0 aromatic heterocycles. The van der Waals surface area contributed by atoms with Crippen LogP contribution in [0.25, 0.3) is 0 Å². The van der Waals surface area contributed by atoms with Crippen LogP contribution in [-0.4, -0.2) is 6.16 Å². The van der Waals surface area contributed by atoms with E-state index < -0.39 is 6.16 Å².